The third-order valence-electron chi connectivity index (χ3n) is 4.88. The number of benzene rings is 2. The van der Waals surface area contributed by atoms with Crippen LogP contribution in [0, 0.1) is 0 Å². The SMILES string of the molecule is CC1=C(C)C(C)=C(c2ccccc2-c2ccccc2C[O][Ti])C1.Cl.Cl. The van der Waals surface area contributed by atoms with E-state index in [1.165, 1.54) is 44.5 Å². The summed E-state index contributed by atoms with van der Waals surface area (Å²) in [5.41, 5.74) is 11.0. The maximum absolute atomic E-state index is 5.39. The average Bonchev–Trinajstić information content (AvgIpc) is 2.83. The second-order valence-electron chi connectivity index (χ2n) is 6.18. The molecule has 0 spiro atoms. The summed E-state index contributed by atoms with van der Waals surface area (Å²) in [6.45, 7) is 7.37. The molecule has 0 heterocycles. The van der Waals surface area contributed by atoms with Crippen LogP contribution in [0.4, 0.5) is 0 Å². The van der Waals surface area contributed by atoms with Gasteiger partial charge in [-0.2, -0.15) is 0 Å². The molecule has 0 aromatic heterocycles. The van der Waals surface area contributed by atoms with Gasteiger partial charge in [-0.25, -0.2) is 0 Å². The molecule has 2 aromatic rings. The zero-order valence-electron chi connectivity index (χ0n) is 14.8. The van der Waals surface area contributed by atoms with Gasteiger partial charge in [-0.15, -0.1) is 24.8 Å². The first kappa shape index (κ1) is 22.2. The maximum atomic E-state index is 5.39. The van der Waals surface area contributed by atoms with Crippen LogP contribution >= 0.6 is 24.8 Å². The van der Waals surface area contributed by atoms with Gasteiger partial charge in [0.25, 0.3) is 0 Å². The summed E-state index contributed by atoms with van der Waals surface area (Å²) >= 11 is 1.75. The summed E-state index contributed by atoms with van der Waals surface area (Å²) in [7, 11) is 0. The average molecular weight is 410 g/mol. The van der Waals surface area contributed by atoms with Crippen molar-refractivity contribution in [3.05, 3.63) is 76.4 Å². The van der Waals surface area contributed by atoms with Gasteiger partial charge in [-0.1, -0.05) is 0 Å². The summed E-state index contributed by atoms with van der Waals surface area (Å²) in [5, 5.41) is 0. The van der Waals surface area contributed by atoms with Gasteiger partial charge in [-0.05, 0) is 0 Å². The molecule has 0 unspecified atom stereocenters. The fraction of sp³-hybridized carbons (Fsp3) is 0.238. The van der Waals surface area contributed by atoms with Crippen molar-refractivity contribution in [3.63, 3.8) is 0 Å². The molecule has 0 radical (unpaired) electrons. The van der Waals surface area contributed by atoms with Gasteiger partial charge in [0.1, 0.15) is 0 Å². The molecule has 1 aliphatic rings. The molecule has 4 heteroatoms. The molecular formula is C21H23Cl2OTi. The normalized spacial score (nSPS) is 13.5. The molecule has 1 nitrogen and oxygen atoms in total. The van der Waals surface area contributed by atoms with E-state index < -0.39 is 0 Å². The van der Waals surface area contributed by atoms with E-state index >= 15 is 0 Å². The van der Waals surface area contributed by atoms with E-state index in [-0.39, 0.29) is 24.8 Å². The van der Waals surface area contributed by atoms with Gasteiger partial charge in [0.05, 0.1) is 0 Å². The second kappa shape index (κ2) is 9.76. The minimum Gasteiger partial charge on any atom is -0.147 e. The second-order valence-corrected chi connectivity index (χ2v) is 6.63. The van der Waals surface area contributed by atoms with Crippen LogP contribution in [0.3, 0.4) is 0 Å². The summed E-state index contributed by atoms with van der Waals surface area (Å²) in [6, 6.07) is 17.3. The molecule has 1 aliphatic carbocycles. The van der Waals surface area contributed by atoms with Crippen LogP contribution in [-0.4, -0.2) is 0 Å². The van der Waals surface area contributed by atoms with Gasteiger partial charge < -0.3 is 0 Å². The summed E-state index contributed by atoms with van der Waals surface area (Å²) in [6.07, 6.45) is 1.06. The molecule has 0 bridgehead atoms. The maximum Gasteiger partial charge on any atom is -0.147 e. The van der Waals surface area contributed by atoms with E-state index in [9.17, 15) is 0 Å². The molecule has 0 fully saturated rings. The molecule has 0 atom stereocenters. The first-order valence-electron chi connectivity index (χ1n) is 7.96. The Morgan fingerprint density at radius 2 is 1.36 bits per heavy atom. The number of hydrogen-bond acceptors (Lipinski definition) is 1. The molecular weight excluding hydrogens is 387 g/mol. The Morgan fingerprint density at radius 1 is 0.800 bits per heavy atom. The van der Waals surface area contributed by atoms with Crippen molar-refractivity contribution in [2.45, 2.75) is 33.8 Å². The summed E-state index contributed by atoms with van der Waals surface area (Å²) < 4.78 is 5.39. The monoisotopic (exact) mass is 409 g/mol. The third-order valence-corrected chi connectivity index (χ3v) is 5.11. The van der Waals surface area contributed by atoms with Crippen molar-refractivity contribution >= 4 is 30.4 Å². The van der Waals surface area contributed by atoms with Crippen molar-refractivity contribution in [2.24, 2.45) is 0 Å². The van der Waals surface area contributed by atoms with E-state index in [0.29, 0.717) is 6.61 Å². The first-order chi connectivity index (χ1) is 11.1. The Morgan fingerprint density at radius 3 is 1.92 bits per heavy atom. The van der Waals surface area contributed by atoms with E-state index in [2.05, 4.69) is 69.3 Å². The molecule has 0 saturated carbocycles. The van der Waals surface area contributed by atoms with Gasteiger partial charge >= 0.3 is 151 Å². The Balaban J connectivity index is 0.00000156. The Labute approximate surface area is 175 Å². The van der Waals surface area contributed by atoms with Crippen molar-refractivity contribution in [1.29, 1.82) is 0 Å². The largest absolute Gasteiger partial charge is 0.147 e. The topological polar surface area (TPSA) is 9.23 Å². The molecule has 0 N–H and O–H groups in total. The molecule has 131 valence electrons. The zero-order valence-corrected chi connectivity index (χ0v) is 18.0. The van der Waals surface area contributed by atoms with E-state index in [0.717, 1.165) is 6.42 Å². The predicted molar refractivity (Wildman–Crippen MR) is 107 cm³/mol. The fourth-order valence-electron chi connectivity index (χ4n) is 3.34. The molecule has 0 amide bonds. The van der Waals surface area contributed by atoms with Crippen LogP contribution in [-0.2, 0) is 30.7 Å². The summed E-state index contributed by atoms with van der Waals surface area (Å²) in [5.74, 6) is 0. The van der Waals surface area contributed by atoms with Crippen LogP contribution in [0.15, 0.2) is 65.3 Å². The standard InChI is InChI=1S/C21H21O.2ClH.Ti/c1-14-12-21(16(3)15(14)2)20-11-7-6-10-19(20)18-9-5-4-8-17(18)13-22;;;/h4-11H,12-13H2,1-3H3;2*1H;/q-1;;;+1. The smallest absolute Gasteiger partial charge is 0.147 e. The third kappa shape index (κ3) is 4.48. The number of allylic oxidation sites excluding steroid dienone is 4. The molecule has 25 heavy (non-hydrogen) atoms. The van der Waals surface area contributed by atoms with E-state index in [4.69, 9.17) is 3.32 Å². The number of hydrogen-bond donors (Lipinski definition) is 0. The van der Waals surface area contributed by atoms with E-state index in [1.807, 2.05) is 0 Å². The van der Waals surface area contributed by atoms with Crippen LogP contribution in [0.1, 0.15) is 38.3 Å². The molecule has 2 aromatic carbocycles. The van der Waals surface area contributed by atoms with Crippen LogP contribution in [0.25, 0.3) is 16.7 Å². The van der Waals surface area contributed by atoms with Crippen molar-refractivity contribution in [1.82, 2.24) is 0 Å². The van der Waals surface area contributed by atoms with Gasteiger partial charge in [0.15, 0.2) is 0 Å². The molecule has 3 rings (SSSR count). The van der Waals surface area contributed by atoms with Gasteiger partial charge in [0, 0.05) is 0 Å². The van der Waals surface area contributed by atoms with Crippen molar-refractivity contribution in [2.75, 3.05) is 0 Å². The fourth-order valence-corrected chi connectivity index (χ4v) is 3.58. The van der Waals surface area contributed by atoms with Gasteiger partial charge in [0.2, 0.25) is 0 Å². The number of rotatable bonds is 4. The van der Waals surface area contributed by atoms with Crippen LogP contribution in [0.2, 0.25) is 0 Å². The molecule has 0 saturated heterocycles. The van der Waals surface area contributed by atoms with Crippen molar-refractivity contribution < 1.29 is 24.1 Å². The summed E-state index contributed by atoms with van der Waals surface area (Å²) in [4.78, 5) is 0. The minimum absolute atomic E-state index is 0. The Bertz CT molecular complexity index is 809. The molecule has 0 aliphatic heterocycles. The zero-order chi connectivity index (χ0) is 16.4. The number of halogens is 2. The van der Waals surface area contributed by atoms with Crippen LogP contribution in [0.5, 0.6) is 0 Å². The van der Waals surface area contributed by atoms with Crippen molar-refractivity contribution in [3.8, 4) is 11.1 Å². The van der Waals surface area contributed by atoms with E-state index in [1.54, 1.807) is 20.8 Å². The Hall–Kier alpha value is -0.826. The quantitative estimate of drug-likeness (QED) is 0.511. The first-order valence-corrected chi connectivity index (χ1v) is 8.60. The van der Waals surface area contributed by atoms with Crippen LogP contribution < -0.4 is 0 Å². The predicted octanol–water partition coefficient (Wildman–Crippen LogP) is 6.69. The van der Waals surface area contributed by atoms with Gasteiger partial charge in [-0.3, -0.25) is 0 Å². The minimum atomic E-state index is 0. The Kier molecular flexibility index (Phi) is 8.67.